The van der Waals surface area contributed by atoms with E-state index < -0.39 is 0 Å². The molecule has 0 aliphatic carbocycles. The molecule has 4 nitrogen and oxygen atoms in total. The molecule has 0 aromatic heterocycles. The molecule has 19 heavy (non-hydrogen) atoms. The normalized spacial score (nSPS) is 16.1. The van der Waals surface area contributed by atoms with Crippen LogP contribution < -0.4 is 10.1 Å². The monoisotopic (exact) mass is 263 g/mol. The fourth-order valence-corrected chi connectivity index (χ4v) is 2.12. The minimum atomic E-state index is -0.0604. The zero-order valence-corrected chi connectivity index (χ0v) is 11.4. The number of nitrogens with one attached hydrogen (secondary N) is 1. The van der Waals surface area contributed by atoms with Gasteiger partial charge in [-0.1, -0.05) is 18.2 Å². The molecule has 0 unspecified atom stereocenters. The number of carbonyl (C=O) groups is 1. The maximum absolute atomic E-state index is 11.7. The molecule has 1 heterocycles. The molecule has 0 bridgehead atoms. The molecule has 1 aliphatic heterocycles. The highest BCUT2D eigenvalue weighted by Gasteiger charge is 2.14. The number of carbonyl (C=O) groups excluding carboxylic acids is 1. The molecule has 0 saturated carbocycles. The molecule has 0 spiro atoms. The summed E-state index contributed by atoms with van der Waals surface area (Å²) < 4.78 is 10.8. The van der Waals surface area contributed by atoms with Gasteiger partial charge < -0.3 is 14.8 Å². The molecule has 104 valence electrons. The first-order valence-corrected chi connectivity index (χ1v) is 6.78. The van der Waals surface area contributed by atoms with Gasteiger partial charge in [-0.3, -0.25) is 4.79 Å². The van der Waals surface area contributed by atoms with Crippen LogP contribution >= 0.6 is 0 Å². The maximum atomic E-state index is 11.7. The van der Waals surface area contributed by atoms with Gasteiger partial charge >= 0.3 is 0 Å². The number of benzene rings is 1. The molecule has 0 radical (unpaired) electrons. The fraction of sp³-hybridized carbons (Fsp3) is 0.533. The first kappa shape index (κ1) is 13.9. The van der Waals surface area contributed by atoms with Crippen molar-refractivity contribution >= 4 is 5.91 Å². The minimum Gasteiger partial charge on any atom is -0.484 e. The third-order valence-corrected chi connectivity index (χ3v) is 3.38. The molecule has 1 aliphatic rings. The van der Waals surface area contributed by atoms with Gasteiger partial charge in [-0.2, -0.15) is 0 Å². The van der Waals surface area contributed by atoms with Crippen LogP contribution in [0.3, 0.4) is 0 Å². The van der Waals surface area contributed by atoms with Gasteiger partial charge in [-0.05, 0) is 37.3 Å². The number of rotatable bonds is 5. The van der Waals surface area contributed by atoms with Crippen LogP contribution in [0.15, 0.2) is 24.3 Å². The summed E-state index contributed by atoms with van der Waals surface area (Å²) in [5.74, 6) is 1.25. The van der Waals surface area contributed by atoms with Crippen LogP contribution in [-0.2, 0) is 9.53 Å². The SMILES string of the molecule is Cc1ccccc1OCC(=O)NCC1CCOCC1. The quantitative estimate of drug-likeness (QED) is 0.883. The van der Waals surface area contributed by atoms with Crippen LogP contribution in [-0.4, -0.2) is 32.3 Å². The van der Waals surface area contributed by atoms with Crippen LogP contribution in [0.25, 0.3) is 0 Å². The molecule has 4 heteroatoms. The fourth-order valence-electron chi connectivity index (χ4n) is 2.12. The Hall–Kier alpha value is -1.55. The van der Waals surface area contributed by atoms with Gasteiger partial charge in [-0.15, -0.1) is 0 Å². The van der Waals surface area contributed by atoms with Gasteiger partial charge in [0.05, 0.1) is 0 Å². The van der Waals surface area contributed by atoms with Crippen molar-refractivity contribution in [1.29, 1.82) is 0 Å². The second-order valence-corrected chi connectivity index (χ2v) is 4.91. The minimum absolute atomic E-state index is 0.0604. The van der Waals surface area contributed by atoms with Crippen LogP contribution in [0.4, 0.5) is 0 Å². The zero-order chi connectivity index (χ0) is 13.5. The Bertz CT molecular complexity index is 414. The largest absolute Gasteiger partial charge is 0.484 e. The van der Waals surface area contributed by atoms with Gasteiger partial charge in [0.25, 0.3) is 5.91 Å². The van der Waals surface area contributed by atoms with E-state index >= 15 is 0 Å². The topological polar surface area (TPSA) is 47.6 Å². The predicted molar refractivity (Wildman–Crippen MR) is 73.2 cm³/mol. The summed E-state index contributed by atoms with van der Waals surface area (Å²) in [5.41, 5.74) is 1.04. The smallest absolute Gasteiger partial charge is 0.257 e. The van der Waals surface area contributed by atoms with E-state index in [1.54, 1.807) is 0 Å². The van der Waals surface area contributed by atoms with E-state index in [4.69, 9.17) is 9.47 Å². The van der Waals surface area contributed by atoms with Crippen molar-refractivity contribution in [3.63, 3.8) is 0 Å². The number of ether oxygens (including phenoxy) is 2. The predicted octanol–water partition coefficient (Wildman–Crippen LogP) is 1.92. The third kappa shape index (κ3) is 4.56. The Morgan fingerprint density at radius 2 is 2.11 bits per heavy atom. The van der Waals surface area contributed by atoms with Gasteiger partial charge in [0.1, 0.15) is 5.75 Å². The summed E-state index contributed by atoms with van der Waals surface area (Å²) in [6.07, 6.45) is 2.05. The van der Waals surface area contributed by atoms with Crippen LogP contribution in [0.1, 0.15) is 18.4 Å². The number of hydrogen-bond donors (Lipinski definition) is 1. The van der Waals surface area contributed by atoms with E-state index in [2.05, 4.69) is 5.32 Å². The lowest BCUT2D eigenvalue weighted by molar-refractivity contribution is -0.123. The van der Waals surface area contributed by atoms with E-state index in [1.807, 2.05) is 31.2 Å². The lowest BCUT2D eigenvalue weighted by atomic mass is 10.0. The summed E-state index contributed by atoms with van der Waals surface area (Å²) in [5, 5.41) is 2.92. The van der Waals surface area contributed by atoms with E-state index in [9.17, 15) is 4.79 Å². The molecular weight excluding hydrogens is 242 g/mol. The second kappa shape index (κ2) is 7.14. The molecule has 1 aromatic carbocycles. The Morgan fingerprint density at radius 3 is 2.84 bits per heavy atom. The van der Waals surface area contributed by atoms with Crippen molar-refractivity contribution < 1.29 is 14.3 Å². The van der Waals surface area contributed by atoms with E-state index in [0.29, 0.717) is 5.92 Å². The summed E-state index contributed by atoms with van der Waals surface area (Å²) >= 11 is 0. The van der Waals surface area contributed by atoms with Crippen molar-refractivity contribution in [2.24, 2.45) is 5.92 Å². The summed E-state index contributed by atoms with van der Waals surface area (Å²) in [4.78, 5) is 11.7. The molecular formula is C15H21NO3. The third-order valence-electron chi connectivity index (χ3n) is 3.38. The van der Waals surface area contributed by atoms with Gasteiger partial charge in [-0.25, -0.2) is 0 Å². The number of para-hydroxylation sites is 1. The average molecular weight is 263 g/mol. The Balaban J connectivity index is 1.68. The Labute approximate surface area is 114 Å². The standard InChI is InChI=1S/C15H21NO3/c1-12-4-2-3-5-14(12)19-11-15(17)16-10-13-6-8-18-9-7-13/h2-5,13H,6-11H2,1H3,(H,16,17). The van der Waals surface area contributed by atoms with E-state index in [0.717, 1.165) is 43.9 Å². The van der Waals surface area contributed by atoms with Crippen molar-refractivity contribution in [2.75, 3.05) is 26.4 Å². The molecule has 1 saturated heterocycles. The molecule has 1 N–H and O–H groups in total. The maximum Gasteiger partial charge on any atom is 0.257 e. The zero-order valence-electron chi connectivity index (χ0n) is 11.4. The molecule has 1 amide bonds. The van der Waals surface area contributed by atoms with E-state index in [1.165, 1.54) is 0 Å². The van der Waals surface area contributed by atoms with Gasteiger partial charge in [0.2, 0.25) is 0 Å². The van der Waals surface area contributed by atoms with Gasteiger partial charge in [0.15, 0.2) is 6.61 Å². The summed E-state index contributed by atoms with van der Waals surface area (Å²) in [7, 11) is 0. The van der Waals surface area contributed by atoms with Crippen molar-refractivity contribution in [1.82, 2.24) is 5.32 Å². The first-order valence-electron chi connectivity index (χ1n) is 6.78. The molecule has 1 aromatic rings. The lowest BCUT2D eigenvalue weighted by Crippen LogP contribution is -2.35. The molecule has 2 rings (SSSR count). The van der Waals surface area contributed by atoms with Crippen LogP contribution in [0.2, 0.25) is 0 Å². The summed E-state index contributed by atoms with van der Waals surface area (Å²) in [6, 6.07) is 7.70. The van der Waals surface area contributed by atoms with Crippen molar-refractivity contribution in [3.8, 4) is 5.75 Å². The van der Waals surface area contributed by atoms with E-state index in [-0.39, 0.29) is 12.5 Å². The van der Waals surface area contributed by atoms with Crippen LogP contribution in [0.5, 0.6) is 5.75 Å². The molecule has 1 fully saturated rings. The molecule has 0 atom stereocenters. The number of hydrogen-bond acceptors (Lipinski definition) is 3. The lowest BCUT2D eigenvalue weighted by Gasteiger charge is -2.22. The number of aryl methyl sites for hydroxylation is 1. The summed E-state index contributed by atoms with van der Waals surface area (Å²) in [6.45, 7) is 4.38. The Kier molecular flexibility index (Phi) is 5.21. The second-order valence-electron chi connectivity index (χ2n) is 4.91. The van der Waals surface area contributed by atoms with Gasteiger partial charge in [0, 0.05) is 19.8 Å². The van der Waals surface area contributed by atoms with Crippen molar-refractivity contribution in [2.45, 2.75) is 19.8 Å². The first-order chi connectivity index (χ1) is 9.25. The van der Waals surface area contributed by atoms with Crippen LogP contribution in [0, 0.1) is 12.8 Å². The Morgan fingerprint density at radius 1 is 1.37 bits per heavy atom. The highest BCUT2D eigenvalue weighted by atomic mass is 16.5. The highest BCUT2D eigenvalue weighted by molar-refractivity contribution is 5.77. The average Bonchev–Trinajstić information content (AvgIpc) is 2.45. The highest BCUT2D eigenvalue weighted by Crippen LogP contribution is 2.16. The number of amides is 1. The van der Waals surface area contributed by atoms with Crippen molar-refractivity contribution in [3.05, 3.63) is 29.8 Å².